The Bertz CT molecular complexity index is 795. The van der Waals surface area contributed by atoms with Gasteiger partial charge in [0.15, 0.2) is 12.1 Å². The lowest BCUT2D eigenvalue weighted by atomic mass is 10.1. The largest absolute Gasteiger partial charge is 0.445 e. The predicted octanol–water partition coefficient (Wildman–Crippen LogP) is 3.06. The van der Waals surface area contributed by atoms with Crippen LogP contribution in [0.4, 0.5) is 13.6 Å². The van der Waals surface area contributed by atoms with E-state index in [0.29, 0.717) is 0 Å². The first-order chi connectivity index (χ1) is 11.6. The first-order valence-corrected chi connectivity index (χ1v) is 6.98. The van der Waals surface area contributed by atoms with E-state index in [1.807, 2.05) is 30.3 Å². The summed E-state index contributed by atoms with van der Waals surface area (Å²) >= 11 is 0. The van der Waals surface area contributed by atoms with E-state index < -0.39 is 23.3 Å². The molecule has 0 spiro atoms. The minimum absolute atomic E-state index is 0.0825. The molecule has 1 N–H and O–H groups in total. The molecule has 6 heteroatoms. The van der Waals surface area contributed by atoms with Crippen LogP contribution in [0.3, 0.4) is 0 Å². The SMILES string of the molecule is O=Cc1c(F)ccc(C#CCNC(=O)OCc2ccccc2)c1F. The molecule has 1 amide bonds. The van der Waals surface area contributed by atoms with Crippen LogP contribution < -0.4 is 5.32 Å². The van der Waals surface area contributed by atoms with Gasteiger partial charge in [0.1, 0.15) is 12.4 Å². The van der Waals surface area contributed by atoms with Crippen LogP contribution in [-0.2, 0) is 11.3 Å². The average molecular weight is 329 g/mol. The quantitative estimate of drug-likeness (QED) is 0.693. The molecule has 2 rings (SSSR count). The van der Waals surface area contributed by atoms with Crippen molar-refractivity contribution in [2.45, 2.75) is 6.61 Å². The Morgan fingerprint density at radius 3 is 2.62 bits per heavy atom. The van der Waals surface area contributed by atoms with Gasteiger partial charge in [0, 0.05) is 0 Å². The van der Waals surface area contributed by atoms with Gasteiger partial charge < -0.3 is 10.1 Å². The molecule has 0 unspecified atom stereocenters. The number of hydrogen-bond donors (Lipinski definition) is 1. The molecule has 2 aromatic rings. The van der Waals surface area contributed by atoms with Crippen molar-refractivity contribution in [3.05, 3.63) is 70.8 Å². The maximum absolute atomic E-state index is 13.7. The zero-order valence-electron chi connectivity index (χ0n) is 12.5. The van der Waals surface area contributed by atoms with E-state index in [-0.39, 0.29) is 25.0 Å². The van der Waals surface area contributed by atoms with E-state index in [1.54, 1.807) is 0 Å². The molecule has 0 saturated heterocycles. The van der Waals surface area contributed by atoms with Gasteiger partial charge in [-0.3, -0.25) is 4.79 Å². The fourth-order valence-corrected chi connectivity index (χ4v) is 1.80. The van der Waals surface area contributed by atoms with Gasteiger partial charge in [0.05, 0.1) is 17.7 Å². The highest BCUT2D eigenvalue weighted by Crippen LogP contribution is 2.14. The first-order valence-electron chi connectivity index (χ1n) is 6.98. The second-order valence-electron chi connectivity index (χ2n) is 4.66. The topological polar surface area (TPSA) is 55.4 Å². The van der Waals surface area contributed by atoms with Gasteiger partial charge in [0.2, 0.25) is 0 Å². The summed E-state index contributed by atoms with van der Waals surface area (Å²) in [4.78, 5) is 22.1. The Balaban J connectivity index is 1.85. The second-order valence-corrected chi connectivity index (χ2v) is 4.66. The Labute approximate surface area is 137 Å². The van der Waals surface area contributed by atoms with Crippen molar-refractivity contribution in [3.8, 4) is 11.8 Å². The molecule has 0 aliphatic heterocycles. The highest BCUT2D eigenvalue weighted by atomic mass is 19.1. The van der Waals surface area contributed by atoms with Gasteiger partial charge in [-0.1, -0.05) is 42.2 Å². The Hall–Kier alpha value is -3.20. The number of hydrogen-bond acceptors (Lipinski definition) is 3. The number of alkyl carbamates (subject to hydrolysis) is 1. The van der Waals surface area contributed by atoms with Gasteiger partial charge in [-0.05, 0) is 17.7 Å². The summed E-state index contributed by atoms with van der Waals surface area (Å²) < 4.78 is 31.9. The molecule has 0 bridgehead atoms. The summed E-state index contributed by atoms with van der Waals surface area (Å²) in [6.07, 6.45) is -0.573. The van der Waals surface area contributed by atoms with Gasteiger partial charge in [-0.15, -0.1) is 0 Å². The normalized spacial score (nSPS) is 9.58. The molecule has 2 aromatic carbocycles. The van der Waals surface area contributed by atoms with Crippen molar-refractivity contribution in [3.63, 3.8) is 0 Å². The fourth-order valence-electron chi connectivity index (χ4n) is 1.80. The van der Waals surface area contributed by atoms with E-state index in [4.69, 9.17) is 4.74 Å². The highest BCUT2D eigenvalue weighted by Gasteiger charge is 2.11. The van der Waals surface area contributed by atoms with Crippen LogP contribution in [0.15, 0.2) is 42.5 Å². The number of carbonyl (C=O) groups is 2. The molecule has 0 aliphatic carbocycles. The van der Waals surface area contributed by atoms with Crippen molar-refractivity contribution in [2.75, 3.05) is 6.54 Å². The number of halogens is 2. The standard InChI is InChI=1S/C18H13F2NO3/c19-16-9-8-14(17(20)15(16)11-22)7-4-10-21-18(23)24-12-13-5-2-1-3-6-13/h1-3,5-6,8-9,11H,10,12H2,(H,21,23). The zero-order chi connectivity index (χ0) is 17.4. The van der Waals surface area contributed by atoms with Gasteiger partial charge in [-0.25, -0.2) is 13.6 Å². The van der Waals surface area contributed by atoms with Gasteiger partial charge in [-0.2, -0.15) is 0 Å². The minimum atomic E-state index is -1.02. The summed E-state index contributed by atoms with van der Waals surface area (Å²) in [5.74, 6) is 2.95. The Kier molecular flexibility index (Phi) is 6.03. The number of rotatable bonds is 4. The predicted molar refractivity (Wildman–Crippen MR) is 83.3 cm³/mol. The fraction of sp³-hybridized carbons (Fsp3) is 0.111. The lowest BCUT2D eigenvalue weighted by Gasteiger charge is -2.04. The highest BCUT2D eigenvalue weighted by molar-refractivity contribution is 5.76. The number of ether oxygens (including phenoxy) is 1. The molecular formula is C18H13F2NO3. The summed E-state index contributed by atoms with van der Waals surface area (Å²) in [6.45, 7) is 0.0379. The van der Waals surface area contributed by atoms with E-state index >= 15 is 0 Å². The van der Waals surface area contributed by atoms with Crippen LogP contribution >= 0.6 is 0 Å². The number of nitrogens with one attached hydrogen (secondary N) is 1. The molecule has 0 atom stereocenters. The third kappa shape index (κ3) is 4.65. The van der Waals surface area contributed by atoms with Crippen molar-refractivity contribution >= 4 is 12.4 Å². The number of amides is 1. The number of aldehydes is 1. The molecule has 0 aliphatic rings. The first kappa shape index (κ1) is 17.2. The summed E-state index contributed by atoms with van der Waals surface area (Å²) in [5.41, 5.74) is 0.0449. The molecule has 0 aromatic heterocycles. The summed E-state index contributed by atoms with van der Waals surface area (Å²) in [5, 5.41) is 2.38. The van der Waals surface area contributed by atoms with Crippen molar-refractivity contribution in [1.29, 1.82) is 0 Å². The third-order valence-electron chi connectivity index (χ3n) is 3.00. The monoisotopic (exact) mass is 329 g/mol. The van der Waals surface area contributed by atoms with E-state index in [0.717, 1.165) is 17.7 Å². The molecule has 0 radical (unpaired) electrons. The minimum Gasteiger partial charge on any atom is -0.445 e. The maximum Gasteiger partial charge on any atom is 0.408 e. The average Bonchev–Trinajstić information content (AvgIpc) is 2.60. The Morgan fingerprint density at radius 2 is 1.92 bits per heavy atom. The molecule has 0 saturated carbocycles. The van der Waals surface area contributed by atoms with E-state index in [2.05, 4.69) is 17.2 Å². The van der Waals surface area contributed by atoms with Crippen molar-refractivity contribution < 1.29 is 23.1 Å². The van der Waals surface area contributed by atoms with Crippen LogP contribution in [0.5, 0.6) is 0 Å². The van der Waals surface area contributed by atoms with Crippen LogP contribution in [0.2, 0.25) is 0 Å². The number of benzene rings is 2. The van der Waals surface area contributed by atoms with Gasteiger partial charge >= 0.3 is 6.09 Å². The van der Waals surface area contributed by atoms with Crippen LogP contribution in [-0.4, -0.2) is 18.9 Å². The van der Waals surface area contributed by atoms with Crippen molar-refractivity contribution in [1.82, 2.24) is 5.32 Å². The lowest BCUT2D eigenvalue weighted by molar-refractivity contribution is 0.111. The van der Waals surface area contributed by atoms with Crippen LogP contribution in [0.25, 0.3) is 0 Å². The third-order valence-corrected chi connectivity index (χ3v) is 3.00. The maximum atomic E-state index is 13.7. The molecule has 0 heterocycles. The summed E-state index contributed by atoms with van der Waals surface area (Å²) in [6, 6.07) is 11.2. The smallest absolute Gasteiger partial charge is 0.408 e. The second kappa shape index (κ2) is 8.44. The molecule has 0 fully saturated rings. The van der Waals surface area contributed by atoms with Crippen LogP contribution in [0.1, 0.15) is 21.5 Å². The zero-order valence-corrected chi connectivity index (χ0v) is 12.5. The molecule has 4 nitrogen and oxygen atoms in total. The molecular weight excluding hydrogens is 316 g/mol. The summed E-state index contributed by atoms with van der Waals surface area (Å²) in [7, 11) is 0. The number of carbonyl (C=O) groups excluding carboxylic acids is 2. The van der Waals surface area contributed by atoms with Crippen LogP contribution in [0, 0.1) is 23.5 Å². The molecule has 24 heavy (non-hydrogen) atoms. The van der Waals surface area contributed by atoms with E-state index in [9.17, 15) is 18.4 Å². The van der Waals surface area contributed by atoms with E-state index in [1.165, 1.54) is 0 Å². The molecule has 122 valence electrons. The Morgan fingerprint density at radius 1 is 1.17 bits per heavy atom. The van der Waals surface area contributed by atoms with Crippen molar-refractivity contribution in [2.24, 2.45) is 0 Å². The van der Waals surface area contributed by atoms with Gasteiger partial charge in [0.25, 0.3) is 0 Å². The lowest BCUT2D eigenvalue weighted by Crippen LogP contribution is -2.24.